The van der Waals surface area contributed by atoms with E-state index in [9.17, 15) is 0 Å². The zero-order chi connectivity index (χ0) is 23.4. The molecule has 0 aliphatic carbocycles. The Balaban J connectivity index is 1.58. The Labute approximate surface area is 202 Å². The first-order valence-corrected chi connectivity index (χ1v) is 12.2. The summed E-state index contributed by atoms with van der Waals surface area (Å²) in [4.78, 5) is 0. The molecule has 5 rings (SSSR count). The first-order chi connectivity index (χ1) is 16.7. The second-order valence-electron chi connectivity index (χ2n) is 9.23. The maximum Gasteiger partial charge on any atom is 0.0603 e. The summed E-state index contributed by atoms with van der Waals surface area (Å²) in [6.45, 7) is 4.61. The van der Waals surface area contributed by atoms with Crippen LogP contribution in [0.3, 0.4) is 0 Å². The van der Waals surface area contributed by atoms with Gasteiger partial charge in [0.25, 0.3) is 0 Å². The summed E-state index contributed by atoms with van der Waals surface area (Å²) in [6.07, 6.45) is 6.55. The molecule has 0 saturated carbocycles. The maximum absolute atomic E-state index is 3.98. The molecule has 0 aromatic heterocycles. The van der Waals surface area contributed by atoms with Gasteiger partial charge in [0.1, 0.15) is 0 Å². The normalized spacial score (nSPS) is 13.4. The van der Waals surface area contributed by atoms with E-state index in [0.29, 0.717) is 0 Å². The third kappa shape index (κ3) is 4.34. The molecule has 1 heteroatoms. The number of fused-ring (bicyclic) bond motifs is 2. The summed E-state index contributed by atoms with van der Waals surface area (Å²) in [5, 5.41) is 9.10. The van der Waals surface area contributed by atoms with Crippen LogP contribution in [0.4, 0.5) is 5.69 Å². The van der Waals surface area contributed by atoms with E-state index in [2.05, 4.69) is 141 Å². The fourth-order valence-corrected chi connectivity index (χ4v) is 5.10. The van der Waals surface area contributed by atoms with Crippen LogP contribution in [-0.4, -0.2) is 0 Å². The third-order valence-corrected chi connectivity index (χ3v) is 6.76. The Morgan fingerprint density at radius 3 is 2.12 bits per heavy atom. The molecule has 1 unspecified atom stereocenters. The van der Waals surface area contributed by atoms with Crippen molar-refractivity contribution in [2.45, 2.75) is 32.2 Å². The standard InChI is InChI=1S/C33H31N/c1-3-24-33(2,31-19-11-15-26-14-7-8-17-29(26)31)34-32-23-22-27(28-16-9-10-18-30(28)32)21-20-25-12-5-4-6-13-25/h4-23,34H,3,24H2,1-2H3/b21-20+. The van der Waals surface area contributed by atoms with Crippen LogP contribution in [0, 0.1) is 0 Å². The average molecular weight is 442 g/mol. The van der Waals surface area contributed by atoms with Crippen molar-refractivity contribution in [3.8, 4) is 0 Å². The Morgan fingerprint density at radius 1 is 0.647 bits per heavy atom. The van der Waals surface area contributed by atoms with Gasteiger partial charge < -0.3 is 5.32 Å². The predicted octanol–water partition coefficient (Wildman–Crippen LogP) is 9.29. The second-order valence-corrected chi connectivity index (χ2v) is 9.23. The van der Waals surface area contributed by atoms with Gasteiger partial charge in [-0.3, -0.25) is 0 Å². The number of anilines is 1. The van der Waals surface area contributed by atoms with Crippen molar-refractivity contribution in [1.29, 1.82) is 0 Å². The molecule has 0 saturated heterocycles. The lowest BCUT2D eigenvalue weighted by Crippen LogP contribution is -2.32. The Kier molecular flexibility index (Phi) is 6.18. The highest BCUT2D eigenvalue weighted by Gasteiger charge is 2.28. The monoisotopic (exact) mass is 441 g/mol. The lowest BCUT2D eigenvalue weighted by atomic mass is 9.83. The van der Waals surface area contributed by atoms with Crippen LogP contribution in [0.5, 0.6) is 0 Å². The molecule has 0 spiro atoms. The van der Waals surface area contributed by atoms with Crippen molar-refractivity contribution < 1.29 is 0 Å². The molecule has 0 heterocycles. The highest BCUT2D eigenvalue weighted by Crippen LogP contribution is 2.38. The summed E-state index contributed by atoms with van der Waals surface area (Å²) in [7, 11) is 0. The van der Waals surface area contributed by atoms with Crippen molar-refractivity contribution in [1.82, 2.24) is 0 Å². The molecule has 34 heavy (non-hydrogen) atoms. The van der Waals surface area contributed by atoms with E-state index in [1.165, 1.54) is 43.9 Å². The summed E-state index contributed by atoms with van der Waals surface area (Å²) in [6, 6.07) is 39.0. The summed E-state index contributed by atoms with van der Waals surface area (Å²) < 4.78 is 0. The minimum atomic E-state index is -0.181. The van der Waals surface area contributed by atoms with Gasteiger partial charge in [-0.25, -0.2) is 0 Å². The first kappa shape index (κ1) is 22.0. The molecule has 1 atom stereocenters. The van der Waals surface area contributed by atoms with Gasteiger partial charge in [0.2, 0.25) is 0 Å². The summed E-state index contributed by atoms with van der Waals surface area (Å²) >= 11 is 0. The lowest BCUT2D eigenvalue weighted by molar-refractivity contribution is 0.493. The SMILES string of the molecule is CCCC(C)(Nc1ccc(/C=C/c2ccccc2)c2ccccc12)c1cccc2ccccc12. The molecule has 168 valence electrons. The van der Waals surface area contributed by atoms with Crippen LogP contribution in [0.15, 0.2) is 109 Å². The highest BCUT2D eigenvalue weighted by molar-refractivity contribution is 6.00. The molecule has 1 nitrogen and oxygen atoms in total. The fourth-order valence-electron chi connectivity index (χ4n) is 5.10. The summed E-state index contributed by atoms with van der Waals surface area (Å²) in [5.41, 5.74) is 4.79. The zero-order valence-corrected chi connectivity index (χ0v) is 20.0. The van der Waals surface area contributed by atoms with Gasteiger partial charge in [-0.2, -0.15) is 0 Å². The third-order valence-electron chi connectivity index (χ3n) is 6.76. The molecule has 0 radical (unpaired) electrons. The van der Waals surface area contributed by atoms with Crippen molar-refractivity contribution >= 4 is 39.4 Å². The zero-order valence-electron chi connectivity index (χ0n) is 20.0. The Morgan fingerprint density at radius 2 is 1.32 bits per heavy atom. The number of rotatable bonds is 7. The van der Waals surface area contributed by atoms with Gasteiger partial charge in [0.15, 0.2) is 0 Å². The second kappa shape index (κ2) is 9.57. The van der Waals surface area contributed by atoms with Crippen LogP contribution in [0.2, 0.25) is 0 Å². The van der Waals surface area contributed by atoms with E-state index < -0.39 is 0 Å². The number of hydrogen-bond donors (Lipinski definition) is 1. The molecular weight excluding hydrogens is 410 g/mol. The van der Waals surface area contributed by atoms with E-state index >= 15 is 0 Å². The van der Waals surface area contributed by atoms with Gasteiger partial charge in [0, 0.05) is 11.1 Å². The number of benzene rings is 5. The molecule has 0 bridgehead atoms. The molecular formula is C33H31N. The Bertz CT molecular complexity index is 1440. The lowest BCUT2D eigenvalue weighted by Gasteiger charge is -2.34. The predicted molar refractivity (Wildman–Crippen MR) is 149 cm³/mol. The minimum Gasteiger partial charge on any atom is -0.375 e. The van der Waals surface area contributed by atoms with Crippen molar-refractivity contribution in [2.75, 3.05) is 5.32 Å². The van der Waals surface area contributed by atoms with Gasteiger partial charge in [0.05, 0.1) is 5.54 Å². The van der Waals surface area contributed by atoms with E-state index in [1.807, 2.05) is 0 Å². The van der Waals surface area contributed by atoms with E-state index in [0.717, 1.165) is 12.8 Å². The topological polar surface area (TPSA) is 12.0 Å². The molecule has 0 aliphatic rings. The molecule has 0 amide bonds. The number of hydrogen-bond acceptors (Lipinski definition) is 1. The quantitative estimate of drug-likeness (QED) is 0.248. The molecule has 5 aromatic rings. The van der Waals surface area contributed by atoms with E-state index in [-0.39, 0.29) is 5.54 Å². The van der Waals surface area contributed by atoms with Crippen LogP contribution >= 0.6 is 0 Å². The minimum absolute atomic E-state index is 0.181. The first-order valence-electron chi connectivity index (χ1n) is 12.2. The van der Waals surface area contributed by atoms with Crippen LogP contribution in [0.25, 0.3) is 33.7 Å². The number of nitrogens with one attached hydrogen (secondary N) is 1. The smallest absolute Gasteiger partial charge is 0.0603 e. The van der Waals surface area contributed by atoms with E-state index in [4.69, 9.17) is 0 Å². The summed E-state index contributed by atoms with van der Waals surface area (Å²) in [5.74, 6) is 0. The molecule has 0 fully saturated rings. The van der Waals surface area contributed by atoms with Crippen LogP contribution in [-0.2, 0) is 5.54 Å². The van der Waals surface area contributed by atoms with Gasteiger partial charge in [-0.05, 0) is 52.3 Å². The van der Waals surface area contributed by atoms with E-state index in [1.54, 1.807) is 0 Å². The largest absolute Gasteiger partial charge is 0.375 e. The van der Waals surface area contributed by atoms with Gasteiger partial charge in [-0.1, -0.05) is 129 Å². The fraction of sp³-hybridized carbons (Fsp3) is 0.152. The van der Waals surface area contributed by atoms with Crippen LogP contribution < -0.4 is 5.32 Å². The molecule has 1 N–H and O–H groups in total. The van der Waals surface area contributed by atoms with Crippen LogP contribution in [0.1, 0.15) is 43.4 Å². The average Bonchev–Trinajstić information content (AvgIpc) is 2.88. The molecule has 5 aromatic carbocycles. The van der Waals surface area contributed by atoms with Crippen molar-refractivity contribution in [3.63, 3.8) is 0 Å². The molecule has 0 aliphatic heterocycles. The van der Waals surface area contributed by atoms with Crippen molar-refractivity contribution in [3.05, 3.63) is 126 Å². The maximum atomic E-state index is 3.98. The van der Waals surface area contributed by atoms with Crippen molar-refractivity contribution in [2.24, 2.45) is 0 Å². The highest BCUT2D eigenvalue weighted by atomic mass is 15.0. The van der Waals surface area contributed by atoms with Gasteiger partial charge in [-0.15, -0.1) is 0 Å². The Hall–Kier alpha value is -3.84. The van der Waals surface area contributed by atoms with Gasteiger partial charge >= 0.3 is 0 Å².